The molecule has 35 heavy (non-hydrogen) atoms. The first-order valence-corrected chi connectivity index (χ1v) is 12.1. The maximum Gasteiger partial charge on any atom is 0.335 e. The number of hydrogen-bond acceptors (Lipinski definition) is 8. The number of carboxylic acids is 1. The summed E-state index contributed by atoms with van der Waals surface area (Å²) in [5.41, 5.74) is 1.68. The number of aliphatic hydroxyl groups is 1. The molecule has 0 spiro atoms. The van der Waals surface area contributed by atoms with Crippen LogP contribution in [0.4, 0.5) is 5.13 Å². The number of carbonyl (C=O) groups is 3. The third-order valence-electron chi connectivity index (χ3n) is 5.70. The van der Waals surface area contributed by atoms with Crippen molar-refractivity contribution >= 4 is 61.4 Å². The highest BCUT2D eigenvalue weighted by molar-refractivity contribution is 7.22. The number of benzene rings is 2. The number of aromatic nitrogens is 1. The molecule has 0 aliphatic carbocycles. The lowest BCUT2D eigenvalue weighted by atomic mass is 9.98. The van der Waals surface area contributed by atoms with Gasteiger partial charge in [0.25, 0.3) is 5.78 Å². The Kier molecular flexibility index (Phi) is 5.62. The average Bonchev–Trinajstić information content (AvgIpc) is 3.56. The number of ketones is 1. The van der Waals surface area contributed by atoms with E-state index in [0.717, 1.165) is 16.9 Å². The number of thiophene rings is 1. The molecule has 10 heteroatoms. The van der Waals surface area contributed by atoms with E-state index in [9.17, 15) is 24.6 Å². The third-order valence-corrected chi connectivity index (χ3v) is 7.64. The van der Waals surface area contributed by atoms with Crippen molar-refractivity contribution in [1.29, 1.82) is 0 Å². The predicted octanol–water partition coefficient (Wildman–Crippen LogP) is 5.00. The summed E-state index contributed by atoms with van der Waals surface area (Å²) >= 11 is 2.45. The second kappa shape index (κ2) is 8.64. The topological polar surface area (TPSA) is 117 Å². The monoisotopic (exact) mass is 506 g/mol. The van der Waals surface area contributed by atoms with Crippen LogP contribution in [0, 0.1) is 6.92 Å². The molecule has 2 aromatic heterocycles. The Balaban J connectivity index is 1.72. The quantitative estimate of drug-likeness (QED) is 0.222. The van der Waals surface area contributed by atoms with E-state index in [-0.39, 0.29) is 22.0 Å². The van der Waals surface area contributed by atoms with E-state index in [0.29, 0.717) is 26.4 Å². The number of amides is 1. The van der Waals surface area contributed by atoms with Crippen molar-refractivity contribution in [3.8, 4) is 5.75 Å². The minimum atomic E-state index is -1.08. The minimum absolute atomic E-state index is 0.0631. The second-order valence-electron chi connectivity index (χ2n) is 7.87. The molecular weight excluding hydrogens is 488 g/mol. The molecule has 2 N–H and O–H groups in total. The molecule has 1 saturated heterocycles. The number of carboxylic acid groups (broad SMARTS) is 1. The molecule has 2 aromatic carbocycles. The van der Waals surface area contributed by atoms with Crippen LogP contribution in [0.15, 0.2) is 59.5 Å². The molecule has 8 nitrogen and oxygen atoms in total. The molecule has 1 atom stereocenters. The minimum Gasteiger partial charge on any atom is -0.507 e. The van der Waals surface area contributed by atoms with Gasteiger partial charge in [-0.05, 0) is 48.7 Å². The Hall–Kier alpha value is -4.02. The van der Waals surface area contributed by atoms with Gasteiger partial charge in [0.05, 0.1) is 34.0 Å². The summed E-state index contributed by atoms with van der Waals surface area (Å²) in [5.74, 6) is -2.71. The van der Waals surface area contributed by atoms with Crippen LogP contribution < -0.4 is 9.64 Å². The van der Waals surface area contributed by atoms with Gasteiger partial charge in [0.1, 0.15) is 17.6 Å². The van der Waals surface area contributed by atoms with Crippen LogP contribution in [0.3, 0.4) is 0 Å². The highest BCUT2D eigenvalue weighted by Gasteiger charge is 2.48. The van der Waals surface area contributed by atoms with Crippen molar-refractivity contribution in [1.82, 2.24) is 4.98 Å². The smallest absolute Gasteiger partial charge is 0.335 e. The number of thiazole rings is 1. The lowest BCUT2D eigenvalue weighted by Crippen LogP contribution is -2.28. The standard InChI is InChI=1S/C25H18N2O6S2/c1-12-5-8-16(33-2)14(10-12)21(28)19-20(17-4-3-9-34-17)27(23(30)22(19)29)25-26-15-7-6-13(24(31)32)11-18(15)35-25/h3-11,20,28H,1-2H3,(H,31,32)/b21-19+. The van der Waals surface area contributed by atoms with Gasteiger partial charge in [-0.2, -0.15) is 0 Å². The highest BCUT2D eigenvalue weighted by Crippen LogP contribution is 2.46. The summed E-state index contributed by atoms with van der Waals surface area (Å²) in [6.45, 7) is 1.85. The van der Waals surface area contributed by atoms with E-state index >= 15 is 0 Å². The Bertz CT molecular complexity index is 1540. The van der Waals surface area contributed by atoms with Gasteiger partial charge >= 0.3 is 11.9 Å². The Labute approximate surface area is 207 Å². The van der Waals surface area contributed by atoms with Gasteiger partial charge in [-0.3, -0.25) is 14.5 Å². The molecule has 0 bridgehead atoms. The maximum absolute atomic E-state index is 13.3. The zero-order valence-corrected chi connectivity index (χ0v) is 20.1. The molecule has 176 valence electrons. The summed E-state index contributed by atoms with van der Waals surface area (Å²) in [6.07, 6.45) is 0. The van der Waals surface area contributed by atoms with Crippen LogP contribution in [0.25, 0.3) is 16.0 Å². The van der Waals surface area contributed by atoms with Crippen LogP contribution in [0.1, 0.15) is 32.4 Å². The Morgan fingerprint density at radius 3 is 2.60 bits per heavy atom. The van der Waals surface area contributed by atoms with E-state index in [1.807, 2.05) is 18.4 Å². The number of aliphatic hydroxyl groups excluding tert-OH is 1. The summed E-state index contributed by atoms with van der Waals surface area (Å²) in [5, 5.41) is 22.7. The molecule has 1 aliphatic heterocycles. The van der Waals surface area contributed by atoms with Crippen molar-refractivity contribution in [3.63, 3.8) is 0 Å². The number of aromatic carboxylic acids is 1. The predicted molar refractivity (Wildman–Crippen MR) is 133 cm³/mol. The van der Waals surface area contributed by atoms with Crippen LogP contribution >= 0.6 is 22.7 Å². The normalized spacial score (nSPS) is 17.3. The molecule has 1 aliphatic rings. The second-order valence-corrected chi connectivity index (χ2v) is 9.86. The van der Waals surface area contributed by atoms with E-state index in [1.165, 1.54) is 35.5 Å². The first kappa shape index (κ1) is 22.8. The number of nitrogens with zero attached hydrogens (tertiary/aromatic N) is 2. The van der Waals surface area contributed by atoms with Gasteiger partial charge < -0.3 is 14.9 Å². The third kappa shape index (κ3) is 3.76. The molecule has 1 fully saturated rings. The van der Waals surface area contributed by atoms with Crippen LogP contribution in [-0.4, -0.2) is 40.0 Å². The van der Waals surface area contributed by atoms with Gasteiger partial charge in [0, 0.05) is 4.88 Å². The number of ether oxygens (including phenoxy) is 1. The summed E-state index contributed by atoms with van der Waals surface area (Å²) in [4.78, 5) is 44.4. The number of rotatable bonds is 5. The fourth-order valence-corrected chi connectivity index (χ4v) is 5.90. The lowest BCUT2D eigenvalue weighted by Gasteiger charge is -2.21. The first-order valence-electron chi connectivity index (χ1n) is 10.4. The molecule has 0 saturated carbocycles. The summed E-state index contributed by atoms with van der Waals surface area (Å²) in [7, 11) is 1.46. The molecule has 0 radical (unpaired) electrons. The van der Waals surface area contributed by atoms with Gasteiger partial charge in [-0.1, -0.05) is 29.0 Å². The molecule has 4 aromatic rings. The molecule has 3 heterocycles. The highest BCUT2D eigenvalue weighted by atomic mass is 32.1. The number of aryl methyl sites for hydroxylation is 1. The van der Waals surface area contributed by atoms with Crippen LogP contribution in [-0.2, 0) is 9.59 Å². The van der Waals surface area contributed by atoms with Crippen molar-refractivity contribution in [2.45, 2.75) is 13.0 Å². The lowest BCUT2D eigenvalue weighted by molar-refractivity contribution is -0.132. The van der Waals surface area contributed by atoms with E-state index in [2.05, 4.69) is 4.98 Å². The van der Waals surface area contributed by atoms with Crippen LogP contribution in [0.2, 0.25) is 0 Å². The fraction of sp³-hybridized carbons (Fsp3) is 0.120. The number of Topliss-reactive ketones (excluding diaryl/α,β-unsaturated/α-hetero) is 1. The number of fused-ring (bicyclic) bond motifs is 1. The van der Waals surface area contributed by atoms with E-state index in [1.54, 1.807) is 30.3 Å². The van der Waals surface area contributed by atoms with Gasteiger partial charge in [-0.15, -0.1) is 11.3 Å². The number of methoxy groups -OCH3 is 1. The number of carbonyl (C=O) groups excluding carboxylic acids is 2. The molecule has 1 unspecified atom stereocenters. The van der Waals surface area contributed by atoms with Crippen molar-refractivity contribution in [3.05, 3.63) is 81.1 Å². The molecule has 1 amide bonds. The number of anilines is 1. The SMILES string of the molecule is COc1ccc(C)cc1/C(O)=C1\C(=O)C(=O)N(c2nc3ccc(C(=O)O)cc3s2)C1c1cccs1. The van der Waals surface area contributed by atoms with Crippen molar-refractivity contribution in [2.75, 3.05) is 12.0 Å². The summed E-state index contributed by atoms with van der Waals surface area (Å²) < 4.78 is 5.95. The molecular formula is C25H18N2O6S2. The average molecular weight is 507 g/mol. The van der Waals surface area contributed by atoms with Gasteiger partial charge in [-0.25, -0.2) is 9.78 Å². The zero-order valence-electron chi connectivity index (χ0n) is 18.5. The Morgan fingerprint density at radius 1 is 1.11 bits per heavy atom. The largest absolute Gasteiger partial charge is 0.507 e. The molecule has 5 rings (SSSR count). The van der Waals surface area contributed by atoms with Gasteiger partial charge in [0.2, 0.25) is 0 Å². The van der Waals surface area contributed by atoms with E-state index < -0.39 is 23.7 Å². The van der Waals surface area contributed by atoms with Crippen molar-refractivity contribution in [2.24, 2.45) is 0 Å². The maximum atomic E-state index is 13.3. The van der Waals surface area contributed by atoms with Crippen LogP contribution in [0.5, 0.6) is 5.75 Å². The van der Waals surface area contributed by atoms with Gasteiger partial charge in [0.15, 0.2) is 5.13 Å². The zero-order chi connectivity index (χ0) is 24.9. The van der Waals surface area contributed by atoms with E-state index in [4.69, 9.17) is 4.74 Å². The number of hydrogen-bond donors (Lipinski definition) is 2. The van der Waals surface area contributed by atoms with Crippen molar-refractivity contribution < 1.29 is 29.3 Å². The summed E-state index contributed by atoms with van der Waals surface area (Å²) in [6, 6.07) is 12.3. The fourth-order valence-electron chi connectivity index (χ4n) is 4.05. The first-order chi connectivity index (χ1) is 16.8. The Morgan fingerprint density at radius 2 is 1.91 bits per heavy atom.